The van der Waals surface area contributed by atoms with E-state index in [1.165, 1.54) is 12.3 Å². The maximum absolute atomic E-state index is 12.3. The Bertz CT molecular complexity index is 811. The highest BCUT2D eigenvalue weighted by molar-refractivity contribution is 7.47. The highest BCUT2D eigenvalue weighted by Gasteiger charge is 2.45. The van der Waals surface area contributed by atoms with Crippen molar-refractivity contribution in [2.75, 3.05) is 26.8 Å². The van der Waals surface area contributed by atoms with Crippen molar-refractivity contribution in [3.05, 3.63) is 22.7 Å². The average molecular weight is 418 g/mol. The number of hydrogen-bond donors (Lipinski definition) is 3. The first-order valence-electron chi connectivity index (χ1n) is 8.73. The van der Waals surface area contributed by atoms with E-state index in [2.05, 4.69) is 19.0 Å². The van der Waals surface area contributed by atoms with Crippen molar-refractivity contribution < 1.29 is 33.5 Å². The summed E-state index contributed by atoms with van der Waals surface area (Å²) >= 11 is 0. The van der Waals surface area contributed by atoms with Gasteiger partial charge in [-0.3, -0.25) is 13.6 Å². The van der Waals surface area contributed by atoms with Crippen molar-refractivity contribution in [2.24, 2.45) is 4.99 Å². The molecule has 5 atom stereocenters. The number of aromatic nitrogens is 2. The van der Waals surface area contributed by atoms with E-state index >= 15 is 0 Å². The van der Waals surface area contributed by atoms with E-state index in [0.717, 1.165) is 37.6 Å². The average Bonchev–Trinajstić information content (AvgIpc) is 3.28. The maximum atomic E-state index is 12.3. The summed E-state index contributed by atoms with van der Waals surface area (Å²) in [6.07, 6.45) is -0.101. The summed E-state index contributed by atoms with van der Waals surface area (Å²) in [5.41, 5.74) is -0.724. The van der Waals surface area contributed by atoms with Crippen molar-refractivity contribution in [2.45, 2.75) is 37.4 Å². The molecular formula is C15H23N4O8P. The van der Waals surface area contributed by atoms with Crippen LogP contribution in [0.15, 0.2) is 22.1 Å². The molecule has 3 rings (SSSR count). The van der Waals surface area contributed by atoms with Crippen LogP contribution in [-0.2, 0) is 18.3 Å². The fourth-order valence-corrected chi connectivity index (χ4v) is 3.42. The molecule has 13 heteroatoms. The normalized spacial score (nSPS) is 30.2. The van der Waals surface area contributed by atoms with Crippen LogP contribution in [0.3, 0.4) is 0 Å². The zero-order chi connectivity index (χ0) is 20.3. The predicted molar refractivity (Wildman–Crippen MR) is 96.2 cm³/mol. The van der Waals surface area contributed by atoms with E-state index in [-0.39, 0.29) is 5.82 Å². The molecule has 0 radical (unpaired) electrons. The quantitative estimate of drug-likeness (QED) is 0.296. The second-order valence-electron chi connectivity index (χ2n) is 6.46. The summed E-state index contributed by atoms with van der Waals surface area (Å²) in [5, 5.41) is 20.3. The first kappa shape index (κ1) is 21.1. The molecule has 2 fully saturated rings. The van der Waals surface area contributed by atoms with Crippen LogP contribution in [0.5, 0.6) is 0 Å². The molecule has 12 nitrogen and oxygen atoms in total. The van der Waals surface area contributed by atoms with Crippen molar-refractivity contribution in [1.29, 1.82) is 0 Å². The van der Waals surface area contributed by atoms with Crippen molar-refractivity contribution in [3.8, 4) is 0 Å². The Balaban J connectivity index is 1.68. The number of ether oxygens (including phenoxy) is 1. The van der Waals surface area contributed by atoms with Gasteiger partial charge in [-0.15, -0.1) is 0 Å². The lowest BCUT2D eigenvalue weighted by atomic mass is 10.1. The lowest BCUT2D eigenvalue weighted by Gasteiger charge is -2.17. The van der Waals surface area contributed by atoms with Gasteiger partial charge in [0.15, 0.2) is 12.0 Å². The Morgan fingerprint density at radius 3 is 2.75 bits per heavy atom. The molecule has 1 aromatic rings. The van der Waals surface area contributed by atoms with E-state index in [0.29, 0.717) is 0 Å². The van der Waals surface area contributed by atoms with Crippen molar-refractivity contribution in [3.63, 3.8) is 0 Å². The Labute approximate surface area is 160 Å². The van der Waals surface area contributed by atoms with Crippen LogP contribution in [0.2, 0.25) is 0 Å². The molecular weight excluding hydrogens is 395 g/mol. The SMILES string of the molecule is COP(=O)(O)OC[C@H]1O[C@@H](n2ccc(/N=C/N3CCCC3)nc2=O)C(O)C1O. The van der Waals surface area contributed by atoms with Crippen LogP contribution in [0.1, 0.15) is 19.1 Å². The van der Waals surface area contributed by atoms with E-state index in [1.54, 1.807) is 6.34 Å². The number of aliphatic imine (C=N–C) groups is 1. The minimum atomic E-state index is -4.27. The third-order valence-corrected chi connectivity index (χ3v) is 5.49. The van der Waals surface area contributed by atoms with Gasteiger partial charge in [0.25, 0.3) is 0 Å². The smallest absolute Gasteiger partial charge is 0.387 e. The van der Waals surface area contributed by atoms with Gasteiger partial charge < -0.3 is 24.7 Å². The van der Waals surface area contributed by atoms with Gasteiger partial charge >= 0.3 is 13.5 Å². The number of aliphatic hydroxyl groups is 2. The topological polar surface area (TPSA) is 156 Å². The van der Waals surface area contributed by atoms with Crippen LogP contribution in [0.25, 0.3) is 0 Å². The molecule has 3 N–H and O–H groups in total. The molecule has 2 aliphatic heterocycles. The molecule has 2 saturated heterocycles. The molecule has 28 heavy (non-hydrogen) atoms. The highest BCUT2D eigenvalue weighted by atomic mass is 31.2. The fraction of sp³-hybridized carbons (Fsp3) is 0.667. The van der Waals surface area contributed by atoms with E-state index in [1.807, 2.05) is 4.90 Å². The van der Waals surface area contributed by atoms with Crippen LogP contribution in [-0.4, -0.2) is 81.0 Å². The minimum Gasteiger partial charge on any atom is -0.387 e. The van der Waals surface area contributed by atoms with Gasteiger partial charge in [-0.1, -0.05) is 0 Å². The molecule has 1 aromatic heterocycles. The number of phosphoric acid groups is 1. The van der Waals surface area contributed by atoms with E-state index in [4.69, 9.17) is 4.74 Å². The first-order valence-corrected chi connectivity index (χ1v) is 10.2. The Kier molecular flexibility index (Phi) is 6.61. The van der Waals surface area contributed by atoms with E-state index in [9.17, 15) is 24.5 Å². The summed E-state index contributed by atoms with van der Waals surface area (Å²) in [6.45, 7) is 1.30. The van der Waals surface area contributed by atoms with Crippen LogP contribution in [0, 0.1) is 0 Å². The van der Waals surface area contributed by atoms with Gasteiger partial charge in [0.2, 0.25) is 0 Å². The van der Waals surface area contributed by atoms with Crippen LogP contribution in [0.4, 0.5) is 5.82 Å². The van der Waals surface area contributed by atoms with Gasteiger partial charge in [0, 0.05) is 26.4 Å². The second-order valence-corrected chi connectivity index (χ2v) is 8.02. The van der Waals surface area contributed by atoms with Gasteiger partial charge in [-0.2, -0.15) is 4.98 Å². The first-order chi connectivity index (χ1) is 13.3. The molecule has 0 spiro atoms. The largest absolute Gasteiger partial charge is 0.472 e. The van der Waals surface area contributed by atoms with E-state index < -0.39 is 44.7 Å². The molecule has 0 aliphatic carbocycles. The lowest BCUT2D eigenvalue weighted by molar-refractivity contribution is -0.0546. The van der Waals surface area contributed by atoms with Crippen molar-refractivity contribution >= 4 is 20.0 Å². The summed E-state index contributed by atoms with van der Waals surface area (Å²) in [6, 6.07) is 1.48. The monoisotopic (exact) mass is 418 g/mol. The summed E-state index contributed by atoms with van der Waals surface area (Å²) in [7, 11) is -3.28. The summed E-state index contributed by atoms with van der Waals surface area (Å²) < 4.78 is 26.7. The van der Waals surface area contributed by atoms with Gasteiger partial charge in [0.1, 0.15) is 18.3 Å². The van der Waals surface area contributed by atoms with Gasteiger partial charge in [0.05, 0.1) is 12.9 Å². The standard InChI is InChI=1S/C15H23N4O8P/c1-25-28(23,24)26-8-10-12(20)13(21)14(27-10)19-7-4-11(17-15(19)22)16-9-18-5-2-3-6-18/h4,7,9-10,12-14,20-21H,2-3,5-6,8H2,1H3,(H,23,24)/b16-9+/t10-,12?,13?,14-/m1/s1. The van der Waals surface area contributed by atoms with Crippen LogP contribution < -0.4 is 5.69 Å². The molecule has 156 valence electrons. The molecule has 0 bridgehead atoms. The Hall–Kier alpha value is -1.66. The Morgan fingerprint density at radius 2 is 2.11 bits per heavy atom. The summed E-state index contributed by atoms with van der Waals surface area (Å²) in [5.74, 6) is 0.211. The minimum absolute atomic E-state index is 0.211. The number of rotatable bonds is 7. The molecule has 0 saturated carbocycles. The number of nitrogens with zero attached hydrogens (tertiary/aromatic N) is 4. The second kappa shape index (κ2) is 8.78. The molecule has 0 aromatic carbocycles. The number of phosphoric ester groups is 1. The molecule has 3 heterocycles. The Morgan fingerprint density at radius 1 is 1.39 bits per heavy atom. The number of hydrogen-bond acceptors (Lipinski definition) is 9. The van der Waals surface area contributed by atoms with Gasteiger partial charge in [-0.05, 0) is 18.9 Å². The lowest BCUT2D eigenvalue weighted by Crippen LogP contribution is -2.36. The predicted octanol–water partition coefficient (Wildman–Crippen LogP) is -0.618. The fourth-order valence-electron chi connectivity index (χ4n) is 2.98. The number of aliphatic hydroxyl groups excluding tert-OH is 2. The maximum Gasteiger partial charge on any atom is 0.472 e. The van der Waals surface area contributed by atoms with Crippen molar-refractivity contribution in [1.82, 2.24) is 14.5 Å². The van der Waals surface area contributed by atoms with Crippen LogP contribution >= 0.6 is 7.82 Å². The molecule has 3 unspecified atom stereocenters. The van der Waals surface area contributed by atoms with Gasteiger partial charge in [-0.25, -0.2) is 14.4 Å². The zero-order valence-electron chi connectivity index (χ0n) is 15.2. The molecule has 0 amide bonds. The third kappa shape index (κ3) is 4.84. The third-order valence-electron chi connectivity index (χ3n) is 4.55. The number of likely N-dealkylation sites (tertiary alicyclic amines) is 1. The highest BCUT2D eigenvalue weighted by Crippen LogP contribution is 2.43. The summed E-state index contributed by atoms with van der Waals surface area (Å²) in [4.78, 5) is 31.6. The zero-order valence-corrected chi connectivity index (χ0v) is 16.1. The molecule has 2 aliphatic rings.